The minimum absolute atomic E-state index is 0.199. The molecule has 0 bridgehead atoms. The van der Waals surface area contributed by atoms with Gasteiger partial charge in [0, 0.05) is 36.9 Å². The van der Waals surface area contributed by atoms with Crippen LogP contribution in [-0.4, -0.2) is 27.8 Å². The Morgan fingerprint density at radius 1 is 1.08 bits per heavy atom. The predicted molar refractivity (Wildman–Crippen MR) is 91.0 cm³/mol. The Hall–Kier alpha value is -2.76. The van der Waals surface area contributed by atoms with E-state index >= 15 is 0 Å². The van der Waals surface area contributed by atoms with Gasteiger partial charge in [0.1, 0.15) is 6.04 Å². The lowest BCUT2D eigenvalue weighted by atomic mass is 10.0. The van der Waals surface area contributed by atoms with Crippen LogP contribution in [-0.2, 0) is 11.3 Å². The highest BCUT2D eigenvalue weighted by molar-refractivity contribution is 5.97. The zero-order chi connectivity index (χ0) is 17.4. The summed E-state index contributed by atoms with van der Waals surface area (Å²) in [6, 6.07) is 6.37. The molecule has 0 aliphatic carbocycles. The van der Waals surface area contributed by atoms with Crippen LogP contribution in [0, 0.1) is 5.92 Å². The van der Waals surface area contributed by atoms with E-state index in [4.69, 9.17) is 0 Å². The third-order valence-corrected chi connectivity index (χ3v) is 3.46. The number of carbonyl (C=O) groups is 2. The second kappa shape index (κ2) is 8.76. The van der Waals surface area contributed by atoms with Gasteiger partial charge in [-0.1, -0.05) is 19.9 Å². The molecule has 24 heavy (non-hydrogen) atoms. The van der Waals surface area contributed by atoms with Crippen molar-refractivity contribution in [2.24, 2.45) is 5.92 Å². The molecule has 2 amide bonds. The first-order valence-corrected chi connectivity index (χ1v) is 7.93. The first-order valence-electron chi connectivity index (χ1n) is 7.93. The average Bonchev–Trinajstić information content (AvgIpc) is 2.60. The molecule has 2 heterocycles. The van der Waals surface area contributed by atoms with Crippen molar-refractivity contribution < 1.29 is 9.59 Å². The molecule has 0 aliphatic rings. The number of nitrogens with zero attached hydrogens (tertiary/aromatic N) is 2. The van der Waals surface area contributed by atoms with E-state index in [0.29, 0.717) is 18.5 Å². The Morgan fingerprint density at radius 2 is 1.83 bits per heavy atom. The highest BCUT2D eigenvalue weighted by Crippen LogP contribution is 2.07. The van der Waals surface area contributed by atoms with Crippen molar-refractivity contribution in [3.8, 4) is 0 Å². The molecular weight excluding hydrogens is 304 g/mol. The van der Waals surface area contributed by atoms with E-state index in [0.717, 1.165) is 5.56 Å². The summed E-state index contributed by atoms with van der Waals surface area (Å²) in [4.78, 5) is 32.7. The van der Waals surface area contributed by atoms with E-state index in [1.807, 2.05) is 26.0 Å². The normalized spacial score (nSPS) is 11.8. The maximum Gasteiger partial charge on any atom is 0.252 e. The summed E-state index contributed by atoms with van der Waals surface area (Å²) in [6.07, 6.45) is 7.05. The van der Waals surface area contributed by atoms with Crippen LogP contribution >= 0.6 is 0 Å². The summed E-state index contributed by atoms with van der Waals surface area (Å²) in [7, 11) is 0. The topological polar surface area (TPSA) is 84.0 Å². The summed E-state index contributed by atoms with van der Waals surface area (Å²) < 4.78 is 0. The van der Waals surface area contributed by atoms with Crippen LogP contribution in [0.5, 0.6) is 0 Å². The van der Waals surface area contributed by atoms with Gasteiger partial charge in [0.05, 0.1) is 0 Å². The highest BCUT2D eigenvalue weighted by Gasteiger charge is 2.22. The van der Waals surface area contributed by atoms with Crippen molar-refractivity contribution in [1.29, 1.82) is 0 Å². The van der Waals surface area contributed by atoms with E-state index in [9.17, 15) is 9.59 Å². The Balaban J connectivity index is 1.99. The average molecular weight is 326 g/mol. The Labute approximate surface area is 141 Å². The van der Waals surface area contributed by atoms with Gasteiger partial charge in [-0.2, -0.15) is 0 Å². The minimum atomic E-state index is -0.581. The van der Waals surface area contributed by atoms with Gasteiger partial charge in [0.25, 0.3) is 5.91 Å². The quantitative estimate of drug-likeness (QED) is 0.814. The third-order valence-electron chi connectivity index (χ3n) is 3.46. The zero-order valence-corrected chi connectivity index (χ0v) is 13.9. The second-order valence-electron chi connectivity index (χ2n) is 5.97. The van der Waals surface area contributed by atoms with E-state index in [2.05, 4.69) is 20.6 Å². The second-order valence-corrected chi connectivity index (χ2v) is 5.97. The van der Waals surface area contributed by atoms with E-state index < -0.39 is 6.04 Å². The molecule has 6 heteroatoms. The number of aromatic nitrogens is 2. The Kier molecular flexibility index (Phi) is 6.42. The van der Waals surface area contributed by atoms with Gasteiger partial charge in [-0.05, 0) is 36.1 Å². The van der Waals surface area contributed by atoms with Crippen LogP contribution in [0.25, 0.3) is 0 Å². The van der Waals surface area contributed by atoms with Crippen LogP contribution in [0.1, 0.15) is 36.2 Å². The Morgan fingerprint density at radius 3 is 2.46 bits per heavy atom. The molecule has 0 unspecified atom stereocenters. The molecule has 0 aliphatic heterocycles. The molecule has 0 saturated carbocycles. The highest BCUT2D eigenvalue weighted by atomic mass is 16.2. The zero-order valence-electron chi connectivity index (χ0n) is 13.9. The molecule has 2 aromatic heterocycles. The van der Waals surface area contributed by atoms with Crippen LogP contribution in [0.15, 0.2) is 49.1 Å². The lowest BCUT2D eigenvalue weighted by Gasteiger charge is -2.20. The smallest absolute Gasteiger partial charge is 0.252 e. The van der Waals surface area contributed by atoms with Gasteiger partial charge in [0.2, 0.25) is 5.91 Å². The van der Waals surface area contributed by atoms with Crippen molar-refractivity contribution in [1.82, 2.24) is 20.6 Å². The SMILES string of the molecule is CC(C)C[C@@H](NC(=O)c1ccncc1)C(=O)NCc1cccnc1. The number of nitrogens with one attached hydrogen (secondary N) is 2. The molecule has 126 valence electrons. The summed E-state index contributed by atoms with van der Waals surface area (Å²) in [5.41, 5.74) is 1.40. The molecule has 2 N–H and O–H groups in total. The molecule has 0 radical (unpaired) electrons. The first kappa shape index (κ1) is 17.6. The van der Waals surface area contributed by atoms with Crippen molar-refractivity contribution in [2.75, 3.05) is 0 Å². The maximum atomic E-state index is 12.5. The van der Waals surface area contributed by atoms with Gasteiger partial charge in [0.15, 0.2) is 0 Å². The standard InChI is InChI=1S/C18H22N4O2/c1-13(2)10-16(22-17(23)15-5-8-19-9-6-15)18(24)21-12-14-4-3-7-20-11-14/h3-9,11,13,16H,10,12H2,1-2H3,(H,21,24)(H,22,23)/t16-/m1/s1. The number of rotatable bonds is 7. The predicted octanol–water partition coefficient (Wildman–Crippen LogP) is 1.94. The van der Waals surface area contributed by atoms with Crippen LogP contribution in [0.2, 0.25) is 0 Å². The van der Waals surface area contributed by atoms with E-state index in [1.54, 1.807) is 36.9 Å². The van der Waals surface area contributed by atoms with Gasteiger partial charge in [-0.25, -0.2) is 0 Å². The first-order chi connectivity index (χ1) is 11.6. The molecular formula is C18H22N4O2. The van der Waals surface area contributed by atoms with Gasteiger partial charge >= 0.3 is 0 Å². The van der Waals surface area contributed by atoms with E-state index in [1.165, 1.54) is 0 Å². The van der Waals surface area contributed by atoms with Gasteiger partial charge in [-0.15, -0.1) is 0 Å². The monoisotopic (exact) mass is 326 g/mol. The van der Waals surface area contributed by atoms with Crippen molar-refractivity contribution >= 4 is 11.8 Å². The maximum absolute atomic E-state index is 12.5. The summed E-state index contributed by atoms with van der Waals surface area (Å²) in [5, 5.41) is 5.66. The molecule has 1 atom stereocenters. The fourth-order valence-corrected chi connectivity index (χ4v) is 2.26. The molecule has 6 nitrogen and oxygen atoms in total. The van der Waals surface area contributed by atoms with Gasteiger partial charge in [-0.3, -0.25) is 19.6 Å². The van der Waals surface area contributed by atoms with Crippen LogP contribution in [0.3, 0.4) is 0 Å². The van der Waals surface area contributed by atoms with Crippen LogP contribution < -0.4 is 10.6 Å². The molecule has 0 fully saturated rings. The van der Waals surface area contributed by atoms with Gasteiger partial charge < -0.3 is 10.6 Å². The molecule has 0 aromatic carbocycles. The Bertz CT molecular complexity index is 659. The number of hydrogen-bond acceptors (Lipinski definition) is 4. The van der Waals surface area contributed by atoms with Crippen molar-refractivity contribution in [3.05, 3.63) is 60.2 Å². The lowest BCUT2D eigenvalue weighted by molar-refractivity contribution is -0.123. The number of hydrogen-bond donors (Lipinski definition) is 2. The summed E-state index contributed by atoms with van der Waals surface area (Å²) >= 11 is 0. The summed E-state index contributed by atoms with van der Waals surface area (Å²) in [5.74, 6) is -0.202. The molecule has 0 spiro atoms. The number of amides is 2. The third kappa shape index (κ3) is 5.46. The largest absolute Gasteiger partial charge is 0.350 e. The molecule has 2 aromatic rings. The van der Waals surface area contributed by atoms with Crippen LogP contribution in [0.4, 0.5) is 0 Å². The fraction of sp³-hybridized carbons (Fsp3) is 0.333. The fourth-order valence-electron chi connectivity index (χ4n) is 2.26. The van der Waals surface area contributed by atoms with E-state index in [-0.39, 0.29) is 17.7 Å². The number of carbonyl (C=O) groups excluding carboxylic acids is 2. The number of pyridine rings is 2. The lowest BCUT2D eigenvalue weighted by Crippen LogP contribution is -2.47. The molecule has 2 rings (SSSR count). The van der Waals surface area contributed by atoms with Crippen molar-refractivity contribution in [2.45, 2.75) is 32.9 Å². The molecule has 0 saturated heterocycles. The summed E-state index contributed by atoms with van der Waals surface area (Å²) in [6.45, 7) is 4.41. The van der Waals surface area contributed by atoms with Crippen molar-refractivity contribution in [3.63, 3.8) is 0 Å². The minimum Gasteiger partial charge on any atom is -0.350 e.